The number of rotatable bonds is 0. The van der Waals surface area contributed by atoms with Crippen molar-refractivity contribution in [2.24, 2.45) is 28.2 Å². The van der Waals surface area contributed by atoms with Crippen LogP contribution in [0.1, 0.15) is 27.7 Å². The van der Waals surface area contributed by atoms with E-state index in [1.807, 2.05) is 0 Å². The fourth-order valence-electron chi connectivity index (χ4n) is 2.57. The standard InChI is InChI=1S/C12H19N/c1-8-10-5-6-12(3,4)7-13-11(8)9(10)2/h5-11H,1-4H3/b6-5-,13-7-. The molecule has 13 heavy (non-hydrogen) atoms. The minimum absolute atomic E-state index is 0.163. The molecular formula is C12H19N. The van der Waals surface area contributed by atoms with Gasteiger partial charge in [-0.1, -0.05) is 39.8 Å². The molecule has 2 heterocycles. The van der Waals surface area contributed by atoms with E-state index in [4.69, 9.17) is 0 Å². The van der Waals surface area contributed by atoms with Crippen LogP contribution in [0.4, 0.5) is 0 Å². The molecule has 2 aliphatic heterocycles. The Hall–Kier alpha value is -0.590. The summed E-state index contributed by atoms with van der Waals surface area (Å²) in [5.41, 5.74) is 0.163. The van der Waals surface area contributed by atoms with Gasteiger partial charge < -0.3 is 0 Å². The van der Waals surface area contributed by atoms with Gasteiger partial charge in [-0.3, -0.25) is 4.99 Å². The maximum Gasteiger partial charge on any atom is 0.0558 e. The molecule has 2 bridgehead atoms. The average molecular weight is 177 g/mol. The first kappa shape index (κ1) is 8.98. The number of fused-ring (bicyclic) bond motifs is 2. The van der Waals surface area contributed by atoms with Crippen LogP contribution in [0.25, 0.3) is 0 Å². The van der Waals surface area contributed by atoms with E-state index >= 15 is 0 Å². The van der Waals surface area contributed by atoms with Crippen molar-refractivity contribution in [2.75, 3.05) is 0 Å². The van der Waals surface area contributed by atoms with Crippen LogP contribution in [0.3, 0.4) is 0 Å². The smallest absolute Gasteiger partial charge is 0.0558 e. The van der Waals surface area contributed by atoms with Gasteiger partial charge in [0.2, 0.25) is 0 Å². The van der Waals surface area contributed by atoms with Gasteiger partial charge in [-0.05, 0) is 17.8 Å². The van der Waals surface area contributed by atoms with E-state index in [9.17, 15) is 0 Å². The third-order valence-electron chi connectivity index (χ3n) is 3.62. The van der Waals surface area contributed by atoms with E-state index in [1.165, 1.54) is 0 Å². The van der Waals surface area contributed by atoms with Crippen LogP contribution in [0.15, 0.2) is 17.1 Å². The van der Waals surface area contributed by atoms with E-state index in [0.29, 0.717) is 6.04 Å². The van der Waals surface area contributed by atoms with Crippen LogP contribution in [-0.2, 0) is 0 Å². The lowest BCUT2D eigenvalue weighted by atomic mass is 9.61. The summed E-state index contributed by atoms with van der Waals surface area (Å²) < 4.78 is 0. The monoisotopic (exact) mass is 177 g/mol. The minimum atomic E-state index is 0.163. The van der Waals surface area contributed by atoms with Crippen molar-refractivity contribution >= 4 is 6.21 Å². The zero-order valence-corrected chi connectivity index (χ0v) is 8.99. The van der Waals surface area contributed by atoms with Crippen molar-refractivity contribution in [1.29, 1.82) is 0 Å². The van der Waals surface area contributed by atoms with Crippen LogP contribution in [0.5, 0.6) is 0 Å². The molecule has 0 aromatic heterocycles. The lowest BCUT2D eigenvalue weighted by Crippen LogP contribution is -2.47. The fraction of sp³-hybridized carbons (Fsp3) is 0.750. The molecule has 0 saturated heterocycles. The highest BCUT2D eigenvalue weighted by molar-refractivity contribution is 5.68. The number of allylic oxidation sites excluding steroid dienone is 2. The predicted molar refractivity (Wildman–Crippen MR) is 57.0 cm³/mol. The summed E-state index contributed by atoms with van der Waals surface area (Å²) in [5.74, 6) is 2.26. The second-order valence-corrected chi connectivity index (χ2v) is 5.24. The van der Waals surface area contributed by atoms with Gasteiger partial charge in [0, 0.05) is 11.6 Å². The molecule has 3 aliphatic rings. The Bertz CT molecular complexity index is 228. The fourth-order valence-corrected chi connectivity index (χ4v) is 2.57. The quantitative estimate of drug-likeness (QED) is 0.504. The molecule has 0 spiro atoms. The Balaban J connectivity index is 2.26. The molecule has 0 N–H and O–H groups in total. The molecule has 0 radical (unpaired) electrons. The normalized spacial score (nSPS) is 51.4. The molecule has 1 heteroatoms. The number of nitrogens with zero attached hydrogens (tertiary/aromatic N) is 1. The van der Waals surface area contributed by atoms with E-state index in [1.54, 1.807) is 0 Å². The zero-order valence-electron chi connectivity index (χ0n) is 8.99. The molecule has 0 aromatic carbocycles. The van der Waals surface area contributed by atoms with Crippen molar-refractivity contribution < 1.29 is 0 Å². The highest BCUT2D eigenvalue weighted by atomic mass is 14.9. The molecular weight excluding hydrogens is 158 g/mol. The molecule has 3 rings (SSSR count). The Morgan fingerprint density at radius 2 is 1.77 bits per heavy atom. The molecule has 1 saturated carbocycles. The number of aliphatic imine (C=N–C) groups is 1. The summed E-state index contributed by atoms with van der Waals surface area (Å²) in [6.07, 6.45) is 6.83. The summed E-state index contributed by atoms with van der Waals surface area (Å²) in [5, 5.41) is 0. The Labute approximate surface area is 80.9 Å². The SMILES string of the molecule is CC1C2/C=C\C(C)(C)/C=N\C1C2C. The van der Waals surface area contributed by atoms with Gasteiger partial charge in [0.1, 0.15) is 0 Å². The van der Waals surface area contributed by atoms with Crippen molar-refractivity contribution in [1.82, 2.24) is 0 Å². The summed E-state index contributed by atoms with van der Waals surface area (Å²) in [6, 6.07) is 0.578. The molecule has 72 valence electrons. The summed E-state index contributed by atoms with van der Waals surface area (Å²) in [7, 11) is 0. The molecule has 2 atom stereocenters. The molecule has 2 unspecified atom stereocenters. The zero-order chi connectivity index (χ0) is 9.64. The minimum Gasteiger partial charge on any atom is -0.293 e. The van der Waals surface area contributed by atoms with Crippen molar-refractivity contribution in [3.8, 4) is 0 Å². The van der Waals surface area contributed by atoms with Crippen LogP contribution in [0.2, 0.25) is 0 Å². The Morgan fingerprint density at radius 3 is 2.38 bits per heavy atom. The number of hydrogen-bond acceptors (Lipinski definition) is 1. The summed E-state index contributed by atoms with van der Waals surface area (Å²) in [6.45, 7) is 9.06. The Morgan fingerprint density at radius 1 is 1.15 bits per heavy atom. The predicted octanol–water partition coefficient (Wildman–Crippen LogP) is 2.92. The van der Waals surface area contributed by atoms with Gasteiger partial charge >= 0.3 is 0 Å². The van der Waals surface area contributed by atoms with Crippen LogP contribution in [-0.4, -0.2) is 12.3 Å². The second kappa shape index (κ2) is 2.70. The molecule has 1 fully saturated rings. The van der Waals surface area contributed by atoms with Crippen LogP contribution in [0, 0.1) is 23.2 Å². The van der Waals surface area contributed by atoms with Crippen molar-refractivity contribution in [3.63, 3.8) is 0 Å². The van der Waals surface area contributed by atoms with Gasteiger partial charge in [-0.2, -0.15) is 0 Å². The highest BCUT2D eigenvalue weighted by Crippen LogP contribution is 2.45. The van der Waals surface area contributed by atoms with Crippen LogP contribution >= 0.6 is 0 Å². The molecule has 1 aliphatic carbocycles. The van der Waals surface area contributed by atoms with Gasteiger partial charge in [-0.25, -0.2) is 0 Å². The largest absolute Gasteiger partial charge is 0.293 e. The molecule has 0 amide bonds. The van der Waals surface area contributed by atoms with Crippen molar-refractivity contribution in [3.05, 3.63) is 12.2 Å². The third kappa shape index (κ3) is 1.34. The van der Waals surface area contributed by atoms with Crippen molar-refractivity contribution in [2.45, 2.75) is 33.7 Å². The summed E-state index contributed by atoms with van der Waals surface area (Å²) in [4.78, 5) is 4.69. The number of hydrogen-bond donors (Lipinski definition) is 0. The summed E-state index contributed by atoms with van der Waals surface area (Å²) >= 11 is 0. The van der Waals surface area contributed by atoms with Gasteiger partial charge in [-0.15, -0.1) is 0 Å². The third-order valence-corrected chi connectivity index (χ3v) is 3.62. The molecule has 1 nitrogen and oxygen atoms in total. The van der Waals surface area contributed by atoms with E-state index < -0.39 is 0 Å². The topological polar surface area (TPSA) is 12.4 Å². The lowest BCUT2D eigenvalue weighted by molar-refractivity contribution is 0.104. The first-order chi connectivity index (χ1) is 6.01. The van der Waals surface area contributed by atoms with Gasteiger partial charge in [0.15, 0.2) is 0 Å². The Kier molecular flexibility index (Phi) is 1.86. The first-order valence-corrected chi connectivity index (χ1v) is 5.25. The van der Waals surface area contributed by atoms with E-state index in [2.05, 4.69) is 51.1 Å². The van der Waals surface area contributed by atoms with Crippen LogP contribution < -0.4 is 0 Å². The second-order valence-electron chi connectivity index (χ2n) is 5.24. The van der Waals surface area contributed by atoms with E-state index in [0.717, 1.165) is 17.8 Å². The van der Waals surface area contributed by atoms with E-state index in [-0.39, 0.29) is 5.41 Å². The highest BCUT2D eigenvalue weighted by Gasteiger charge is 2.44. The maximum absolute atomic E-state index is 4.69. The molecule has 0 aromatic rings. The first-order valence-electron chi connectivity index (χ1n) is 5.25. The van der Waals surface area contributed by atoms with Gasteiger partial charge in [0.25, 0.3) is 0 Å². The maximum atomic E-state index is 4.69. The lowest BCUT2D eigenvalue weighted by Gasteiger charge is -2.47. The average Bonchev–Trinajstić information content (AvgIpc) is 2.01. The van der Waals surface area contributed by atoms with Gasteiger partial charge in [0.05, 0.1) is 6.04 Å².